The molecule has 6 heteroatoms. The van der Waals surface area contributed by atoms with Gasteiger partial charge in [0.2, 0.25) is 5.91 Å². The van der Waals surface area contributed by atoms with Gasteiger partial charge in [-0.1, -0.05) is 23.7 Å². The second-order valence-electron chi connectivity index (χ2n) is 5.44. The van der Waals surface area contributed by atoms with Crippen LogP contribution in [0.4, 0.5) is 10.1 Å². The number of nitrogens with zero attached hydrogens (tertiary/aromatic N) is 2. The molecule has 0 spiro atoms. The highest BCUT2D eigenvalue weighted by Crippen LogP contribution is 2.30. The van der Waals surface area contributed by atoms with Gasteiger partial charge in [0.1, 0.15) is 5.82 Å². The molecule has 0 radical (unpaired) electrons. The molecule has 0 bridgehead atoms. The van der Waals surface area contributed by atoms with Crippen LogP contribution >= 0.6 is 11.6 Å². The summed E-state index contributed by atoms with van der Waals surface area (Å²) in [6.07, 6.45) is 3.62. The van der Waals surface area contributed by atoms with Gasteiger partial charge in [-0.15, -0.1) is 0 Å². The van der Waals surface area contributed by atoms with Crippen molar-refractivity contribution in [1.29, 1.82) is 0 Å². The van der Waals surface area contributed by atoms with Crippen molar-refractivity contribution < 1.29 is 9.18 Å². The standard InChI is InChI=1S/C18H15ClFN3O/c1-23-11-12(10-21-23)8-18(24)22-17-7-6-15(20)9-16(17)13-2-4-14(19)5-3-13/h2-7,9-11H,8H2,1H3,(H,22,24). The van der Waals surface area contributed by atoms with Crippen LogP contribution in [0.3, 0.4) is 0 Å². The molecule has 0 unspecified atom stereocenters. The van der Waals surface area contributed by atoms with Crippen molar-refractivity contribution in [2.45, 2.75) is 6.42 Å². The fourth-order valence-corrected chi connectivity index (χ4v) is 2.56. The molecular weight excluding hydrogens is 329 g/mol. The maximum Gasteiger partial charge on any atom is 0.228 e. The van der Waals surface area contributed by atoms with Crippen molar-refractivity contribution in [2.75, 3.05) is 5.32 Å². The largest absolute Gasteiger partial charge is 0.325 e. The number of anilines is 1. The number of hydrogen-bond donors (Lipinski definition) is 1. The van der Waals surface area contributed by atoms with E-state index in [1.165, 1.54) is 12.1 Å². The molecule has 1 aromatic heterocycles. The Hall–Kier alpha value is -2.66. The minimum atomic E-state index is -0.370. The number of carbonyl (C=O) groups is 1. The zero-order chi connectivity index (χ0) is 17.1. The summed E-state index contributed by atoms with van der Waals surface area (Å²) in [6.45, 7) is 0. The Labute approximate surface area is 143 Å². The first-order valence-corrected chi connectivity index (χ1v) is 7.72. The number of benzene rings is 2. The smallest absolute Gasteiger partial charge is 0.228 e. The maximum absolute atomic E-state index is 13.6. The summed E-state index contributed by atoms with van der Waals surface area (Å²) in [5.41, 5.74) is 2.74. The van der Waals surface area contributed by atoms with E-state index < -0.39 is 0 Å². The number of halogens is 2. The summed E-state index contributed by atoms with van der Waals surface area (Å²) in [5, 5.41) is 7.46. The van der Waals surface area contributed by atoms with Crippen LogP contribution in [0.1, 0.15) is 5.56 Å². The molecule has 2 aromatic carbocycles. The number of nitrogens with one attached hydrogen (secondary N) is 1. The molecule has 4 nitrogen and oxygen atoms in total. The lowest BCUT2D eigenvalue weighted by Crippen LogP contribution is -2.14. The molecule has 3 aromatic rings. The Kier molecular flexibility index (Phi) is 4.62. The Morgan fingerprint density at radius 3 is 2.67 bits per heavy atom. The van der Waals surface area contributed by atoms with Crippen LogP contribution in [-0.4, -0.2) is 15.7 Å². The Morgan fingerprint density at radius 2 is 2.00 bits per heavy atom. The summed E-state index contributed by atoms with van der Waals surface area (Å²) < 4.78 is 15.3. The maximum atomic E-state index is 13.6. The quantitative estimate of drug-likeness (QED) is 0.776. The van der Waals surface area contributed by atoms with Crippen LogP contribution in [-0.2, 0) is 18.3 Å². The van der Waals surface area contributed by atoms with Gasteiger partial charge in [-0.05, 0) is 41.5 Å². The Morgan fingerprint density at radius 1 is 1.25 bits per heavy atom. The molecule has 1 amide bonds. The number of aromatic nitrogens is 2. The molecule has 122 valence electrons. The van der Waals surface area contributed by atoms with E-state index in [4.69, 9.17) is 11.6 Å². The van der Waals surface area contributed by atoms with Gasteiger partial charge in [-0.2, -0.15) is 5.10 Å². The van der Waals surface area contributed by atoms with Crippen molar-refractivity contribution in [3.8, 4) is 11.1 Å². The third-order valence-corrected chi connectivity index (χ3v) is 3.79. The summed E-state index contributed by atoms with van der Waals surface area (Å²) in [5.74, 6) is -0.560. The topological polar surface area (TPSA) is 46.9 Å². The zero-order valence-electron chi connectivity index (χ0n) is 13.0. The lowest BCUT2D eigenvalue weighted by Gasteiger charge is -2.11. The second-order valence-corrected chi connectivity index (χ2v) is 5.88. The molecule has 1 heterocycles. The molecular formula is C18H15ClFN3O. The molecule has 0 fully saturated rings. The summed E-state index contributed by atoms with van der Waals surface area (Å²) >= 11 is 5.90. The number of rotatable bonds is 4. The van der Waals surface area contributed by atoms with E-state index in [9.17, 15) is 9.18 Å². The summed E-state index contributed by atoms with van der Waals surface area (Å²) in [6, 6.07) is 11.3. The van der Waals surface area contributed by atoms with Gasteiger partial charge in [0, 0.05) is 29.5 Å². The number of amides is 1. The lowest BCUT2D eigenvalue weighted by atomic mass is 10.0. The number of aryl methyl sites for hydroxylation is 1. The predicted octanol–water partition coefficient (Wildman–Crippen LogP) is 4.06. The highest BCUT2D eigenvalue weighted by Gasteiger charge is 2.11. The van der Waals surface area contributed by atoms with Gasteiger partial charge in [0.25, 0.3) is 0 Å². The van der Waals surface area contributed by atoms with Gasteiger partial charge >= 0.3 is 0 Å². The minimum Gasteiger partial charge on any atom is -0.325 e. The van der Waals surface area contributed by atoms with Gasteiger partial charge in [0.05, 0.1) is 12.6 Å². The van der Waals surface area contributed by atoms with E-state index in [-0.39, 0.29) is 18.1 Å². The molecule has 0 aliphatic heterocycles. The molecule has 0 aliphatic rings. The molecule has 1 N–H and O–H groups in total. The van der Waals surface area contributed by atoms with Crippen LogP contribution in [0.5, 0.6) is 0 Å². The third kappa shape index (κ3) is 3.81. The van der Waals surface area contributed by atoms with Crippen LogP contribution in [0.25, 0.3) is 11.1 Å². The van der Waals surface area contributed by atoms with Gasteiger partial charge < -0.3 is 5.32 Å². The number of hydrogen-bond acceptors (Lipinski definition) is 2. The highest BCUT2D eigenvalue weighted by molar-refractivity contribution is 6.30. The Balaban J connectivity index is 1.85. The lowest BCUT2D eigenvalue weighted by molar-refractivity contribution is -0.115. The molecule has 0 atom stereocenters. The summed E-state index contributed by atoms with van der Waals surface area (Å²) in [4.78, 5) is 12.3. The molecule has 0 saturated carbocycles. The highest BCUT2D eigenvalue weighted by atomic mass is 35.5. The van der Waals surface area contributed by atoms with E-state index in [1.54, 1.807) is 54.5 Å². The van der Waals surface area contributed by atoms with Crippen molar-refractivity contribution in [3.05, 3.63) is 71.3 Å². The zero-order valence-corrected chi connectivity index (χ0v) is 13.7. The fraction of sp³-hybridized carbons (Fsp3) is 0.111. The van der Waals surface area contributed by atoms with E-state index in [2.05, 4.69) is 10.4 Å². The molecule has 3 rings (SSSR count). The van der Waals surface area contributed by atoms with Gasteiger partial charge in [-0.25, -0.2) is 4.39 Å². The van der Waals surface area contributed by atoms with E-state index in [1.807, 2.05) is 0 Å². The normalized spacial score (nSPS) is 10.6. The fourth-order valence-electron chi connectivity index (χ4n) is 2.44. The molecule has 0 saturated heterocycles. The van der Waals surface area contributed by atoms with Crippen LogP contribution in [0, 0.1) is 5.82 Å². The average molecular weight is 344 g/mol. The van der Waals surface area contributed by atoms with E-state index in [0.29, 0.717) is 16.3 Å². The summed E-state index contributed by atoms with van der Waals surface area (Å²) in [7, 11) is 1.79. The van der Waals surface area contributed by atoms with Gasteiger partial charge in [-0.3, -0.25) is 9.48 Å². The first-order chi connectivity index (χ1) is 11.5. The van der Waals surface area contributed by atoms with Crippen molar-refractivity contribution in [3.63, 3.8) is 0 Å². The first kappa shape index (κ1) is 16.2. The van der Waals surface area contributed by atoms with Crippen LogP contribution < -0.4 is 5.32 Å². The monoisotopic (exact) mass is 343 g/mol. The molecule has 24 heavy (non-hydrogen) atoms. The first-order valence-electron chi connectivity index (χ1n) is 7.34. The number of carbonyl (C=O) groups excluding carboxylic acids is 1. The minimum absolute atomic E-state index is 0.190. The van der Waals surface area contributed by atoms with E-state index in [0.717, 1.165) is 11.1 Å². The van der Waals surface area contributed by atoms with Crippen molar-refractivity contribution in [2.24, 2.45) is 7.05 Å². The van der Waals surface area contributed by atoms with E-state index >= 15 is 0 Å². The predicted molar refractivity (Wildman–Crippen MR) is 92.4 cm³/mol. The van der Waals surface area contributed by atoms with Crippen LogP contribution in [0.2, 0.25) is 5.02 Å². The Bertz CT molecular complexity index is 874. The SMILES string of the molecule is Cn1cc(CC(=O)Nc2ccc(F)cc2-c2ccc(Cl)cc2)cn1. The third-order valence-electron chi connectivity index (χ3n) is 3.53. The van der Waals surface area contributed by atoms with Crippen molar-refractivity contribution >= 4 is 23.2 Å². The second kappa shape index (κ2) is 6.84. The van der Waals surface area contributed by atoms with Crippen LogP contribution in [0.15, 0.2) is 54.9 Å². The average Bonchev–Trinajstić information content (AvgIpc) is 2.95. The molecule has 0 aliphatic carbocycles. The van der Waals surface area contributed by atoms with Crippen molar-refractivity contribution in [1.82, 2.24) is 9.78 Å². The van der Waals surface area contributed by atoms with Gasteiger partial charge in [0.15, 0.2) is 0 Å².